The summed E-state index contributed by atoms with van der Waals surface area (Å²) in [5.41, 5.74) is 2.12. The topological polar surface area (TPSA) is 75.4 Å². The number of hydrogen-bond acceptors (Lipinski definition) is 4. The summed E-state index contributed by atoms with van der Waals surface area (Å²) in [5.74, 6) is 0. The molecule has 0 heterocycles. The first-order valence-electron chi connectivity index (χ1n) is 6.29. The van der Waals surface area contributed by atoms with Crippen molar-refractivity contribution in [3.63, 3.8) is 0 Å². The van der Waals surface area contributed by atoms with E-state index in [-0.39, 0.29) is 18.3 Å². The smallest absolute Gasteiger partial charge is 0.292 e. The van der Waals surface area contributed by atoms with Crippen LogP contribution in [0.3, 0.4) is 0 Å². The number of aliphatic hydroxyl groups excluding tert-OH is 1. The van der Waals surface area contributed by atoms with Crippen molar-refractivity contribution in [3.05, 3.63) is 69.8 Å². The zero-order valence-electron chi connectivity index (χ0n) is 11.1. The van der Waals surface area contributed by atoms with Gasteiger partial charge in [-0.1, -0.05) is 36.4 Å². The number of nitrogens with zero attached hydrogens (tertiary/aromatic N) is 1. The Kier molecular flexibility index (Phi) is 4.32. The van der Waals surface area contributed by atoms with Crippen LogP contribution in [-0.4, -0.2) is 16.6 Å². The molecule has 0 aliphatic heterocycles. The minimum absolute atomic E-state index is 0.0133. The molecule has 5 heteroatoms. The molecule has 2 N–H and O–H groups in total. The number of nitro groups is 1. The largest absolute Gasteiger partial charge is 0.394 e. The monoisotopic (exact) mass is 272 g/mol. The van der Waals surface area contributed by atoms with Crippen LogP contribution in [-0.2, 0) is 0 Å². The first kappa shape index (κ1) is 14.0. The zero-order chi connectivity index (χ0) is 14.5. The molecule has 0 aliphatic rings. The molecule has 2 aromatic carbocycles. The standard InChI is InChI=1S/C15H16N2O3/c1-11-7-8-13(15(9-11)17(19)20)16-14(10-18)12-5-3-2-4-6-12/h2-9,14,16,18H,10H2,1H3. The minimum Gasteiger partial charge on any atom is -0.394 e. The van der Waals surface area contributed by atoms with E-state index in [0.717, 1.165) is 11.1 Å². The molecule has 0 spiro atoms. The first-order valence-corrected chi connectivity index (χ1v) is 6.29. The number of aliphatic hydroxyl groups is 1. The molecule has 104 valence electrons. The average molecular weight is 272 g/mol. The second-order valence-electron chi connectivity index (χ2n) is 4.57. The number of hydrogen-bond donors (Lipinski definition) is 2. The van der Waals surface area contributed by atoms with E-state index in [9.17, 15) is 15.2 Å². The van der Waals surface area contributed by atoms with Gasteiger partial charge >= 0.3 is 0 Å². The number of aryl methyl sites for hydroxylation is 1. The summed E-state index contributed by atoms with van der Waals surface area (Å²) < 4.78 is 0. The molecular weight excluding hydrogens is 256 g/mol. The number of benzene rings is 2. The van der Waals surface area contributed by atoms with Crippen molar-refractivity contribution < 1.29 is 10.0 Å². The van der Waals surface area contributed by atoms with Gasteiger partial charge in [-0.2, -0.15) is 0 Å². The normalized spacial score (nSPS) is 11.9. The Bertz CT molecular complexity index is 599. The van der Waals surface area contributed by atoms with Gasteiger partial charge in [0.05, 0.1) is 17.6 Å². The lowest BCUT2D eigenvalue weighted by Gasteiger charge is -2.18. The van der Waals surface area contributed by atoms with Crippen molar-refractivity contribution >= 4 is 11.4 Å². The fourth-order valence-corrected chi connectivity index (χ4v) is 2.02. The zero-order valence-corrected chi connectivity index (χ0v) is 11.1. The molecule has 0 aromatic heterocycles. The predicted octanol–water partition coefficient (Wildman–Crippen LogP) is 3.05. The van der Waals surface area contributed by atoms with Crippen LogP contribution in [0.4, 0.5) is 11.4 Å². The minimum atomic E-state index is -0.422. The molecule has 1 unspecified atom stereocenters. The van der Waals surface area contributed by atoms with E-state index in [1.807, 2.05) is 30.3 Å². The Morgan fingerprint density at radius 1 is 1.25 bits per heavy atom. The molecule has 0 amide bonds. The summed E-state index contributed by atoms with van der Waals surface area (Å²) in [7, 11) is 0. The van der Waals surface area contributed by atoms with E-state index < -0.39 is 4.92 Å². The molecule has 0 saturated heterocycles. The van der Waals surface area contributed by atoms with Crippen molar-refractivity contribution in [2.24, 2.45) is 0 Å². The van der Waals surface area contributed by atoms with Crippen LogP contribution in [0.5, 0.6) is 0 Å². The fraction of sp³-hybridized carbons (Fsp3) is 0.200. The highest BCUT2D eigenvalue weighted by molar-refractivity contribution is 5.63. The van der Waals surface area contributed by atoms with Crippen molar-refractivity contribution in [1.82, 2.24) is 0 Å². The molecule has 0 fully saturated rings. The van der Waals surface area contributed by atoms with Gasteiger partial charge in [-0.25, -0.2) is 0 Å². The Hall–Kier alpha value is -2.40. The van der Waals surface area contributed by atoms with Crippen LogP contribution in [0.1, 0.15) is 17.2 Å². The van der Waals surface area contributed by atoms with Crippen LogP contribution in [0.25, 0.3) is 0 Å². The van der Waals surface area contributed by atoms with Crippen molar-refractivity contribution in [3.8, 4) is 0 Å². The summed E-state index contributed by atoms with van der Waals surface area (Å²) in [6.45, 7) is 1.66. The molecule has 0 bridgehead atoms. The van der Waals surface area contributed by atoms with Crippen LogP contribution in [0.15, 0.2) is 48.5 Å². The van der Waals surface area contributed by atoms with Gasteiger partial charge in [0.15, 0.2) is 0 Å². The molecule has 0 aliphatic carbocycles. The van der Waals surface area contributed by atoms with Gasteiger partial charge in [0, 0.05) is 6.07 Å². The van der Waals surface area contributed by atoms with Crippen LogP contribution < -0.4 is 5.32 Å². The van der Waals surface area contributed by atoms with Gasteiger partial charge < -0.3 is 10.4 Å². The van der Waals surface area contributed by atoms with E-state index in [2.05, 4.69) is 5.32 Å². The van der Waals surface area contributed by atoms with Gasteiger partial charge in [0.2, 0.25) is 0 Å². The van der Waals surface area contributed by atoms with Crippen molar-refractivity contribution in [2.75, 3.05) is 11.9 Å². The Labute approximate surface area is 117 Å². The SMILES string of the molecule is Cc1ccc(NC(CO)c2ccccc2)c([N+](=O)[O-])c1. The Morgan fingerprint density at radius 3 is 2.55 bits per heavy atom. The first-order chi connectivity index (χ1) is 9.61. The van der Waals surface area contributed by atoms with Gasteiger partial charge in [-0.05, 0) is 24.1 Å². The summed E-state index contributed by atoms with van der Waals surface area (Å²) in [4.78, 5) is 10.7. The van der Waals surface area contributed by atoms with Gasteiger partial charge in [-0.15, -0.1) is 0 Å². The molecule has 2 aromatic rings. The summed E-state index contributed by atoms with van der Waals surface area (Å²) >= 11 is 0. The third kappa shape index (κ3) is 3.13. The van der Waals surface area contributed by atoms with Gasteiger partial charge in [-0.3, -0.25) is 10.1 Å². The third-order valence-corrected chi connectivity index (χ3v) is 3.06. The third-order valence-electron chi connectivity index (χ3n) is 3.06. The van der Waals surface area contributed by atoms with Gasteiger partial charge in [0.1, 0.15) is 5.69 Å². The molecule has 5 nitrogen and oxygen atoms in total. The van der Waals surface area contributed by atoms with E-state index in [0.29, 0.717) is 5.69 Å². The molecule has 20 heavy (non-hydrogen) atoms. The number of nitrogens with one attached hydrogen (secondary N) is 1. The Balaban J connectivity index is 2.31. The second-order valence-corrected chi connectivity index (χ2v) is 4.57. The molecule has 0 radical (unpaired) electrons. The van der Waals surface area contributed by atoms with E-state index in [1.54, 1.807) is 19.1 Å². The number of nitro benzene ring substituents is 1. The summed E-state index contributed by atoms with van der Waals surface area (Å²) in [5, 5.41) is 23.6. The summed E-state index contributed by atoms with van der Waals surface area (Å²) in [6.07, 6.45) is 0. The molecule has 2 rings (SSSR count). The van der Waals surface area contributed by atoms with E-state index in [1.165, 1.54) is 6.07 Å². The maximum absolute atomic E-state index is 11.1. The predicted molar refractivity (Wildman–Crippen MR) is 77.7 cm³/mol. The molecular formula is C15H16N2O3. The Morgan fingerprint density at radius 2 is 1.95 bits per heavy atom. The van der Waals surface area contributed by atoms with E-state index >= 15 is 0 Å². The quantitative estimate of drug-likeness (QED) is 0.648. The van der Waals surface area contributed by atoms with E-state index in [4.69, 9.17) is 0 Å². The lowest BCUT2D eigenvalue weighted by Crippen LogP contribution is -2.15. The van der Waals surface area contributed by atoms with Crippen molar-refractivity contribution in [1.29, 1.82) is 0 Å². The lowest BCUT2D eigenvalue weighted by molar-refractivity contribution is -0.384. The number of anilines is 1. The fourth-order valence-electron chi connectivity index (χ4n) is 2.02. The maximum atomic E-state index is 11.1. The lowest BCUT2D eigenvalue weighted by atomic mass is 10.1. The average Bonchev–Trinajstić information content (AvgIpc) is 2.46. The molecule has 1 atom stereocenters. The van der Waals surface area contributed by atoms with Crippen molar-refractivity contribution in [2.45, 2.75) is 13.0 Å². The van der Waals surface area contributed by atoms with Crippen LogP contribution >= 0.6 is 0 Å². The van der Waals surface area contributed by atoms with Gasteiger partial charge in [0.25, 0.3) is 5.69 Å². The second kappa shape index (κ2) is 6.16. The van der Waals surface area contributed by atoms with Crippen LogP contribution in [0, 0.1) is 17.0 Å². The highest BCUT2D eigenvalue weighted by Crippen LogP contribution is 2.29. The summed E-state index contributed by atoms with van der Waals surface area (Å²) in [6, 6.07) is 14.0. The van der Waals surface area contributed by atoms with Crippen LogP contribution in [0.2, 0.25) is 0 Å². The highest BCUT2D eigenvalue weighted by atomic mass is 16.6. The highest BCUT2D eigenvalue weighted by Gasteiger charge is 2.17. The number of rotatable bonds is 5. The maximum Gasteiger partial charge on any atom is 0.292 e. The molecule has 0 saturated carbocycles.